The third-order valence-corrected chi connectivity index (χ3v) is 6.66. The van der Waals surface area contributed by atoms with Crippen LogP contribution in [0.1, 0.15) is 27.0 Å². The largest absolute Gasteiger partial charge is 0.355 e. The van der Waals surface area contributed by atoms with Gasteiger partial charge in [0.15, 0.2) is 0 Å². The van der Waals surface area contributed by atoms with Crippen molar-refractivity contribution < 1.29 is 4.79 Å². The van der Waals surface area contributed by atoms with Gasteiger partial charge in [0.2, 0.25) is 5.95 Å². The SMILES string of the molecule is CNC(=O)c1ccccc1Nc1nc(Nc2ccc3c(c2)CCN(Cc2cccnc2)C3)ncc1Br. The van der Waals surface area contributed by atoms with E-state index in [4.69, 9.17) is 0 Å². The van der Waals surface area contributed by atoms with Crippen molar-refractivity contribution in [1.29, 1.82) is 0 Å². The molecule has 5 rings (SSSR count). The molecular formula is C27H26BrN7O. The summed E-state index contributed by atoms with van der Waals surface area (Å²) in [5, 5.41) is 9.24. The number of nitrogens with zero attached hydrogens (tertiary/aromatic N) is 4. The highest BCUT2D eigenvalue weighted by atomic mass is 79.9. The molecule has 0 saturated carbocycles. The van der Waals surface area contributed by atoms with Crippen LogP contribution in [0.5, 0.6) is 0 Å². The number of hydrogen-bond donors (Lipinski definition) is 3. The number of benzene rings is 2. The van der Waals surface area contributed by atoms with Crippen molar-refractivity contribution in [1.82, 2.24) is 25.2 Å². The van der Waals surface area contributed by atoms with Gasteiger partial charge in [-0.3, -0.25) is 14.7 Å². The molecule has 0 fully saturated rings. The molecule has 3 heterocycles. The highest BCUT2D eigenvalue weighted by molar-refractivity contribution is 9.10. The number of nitrogens with one attached hydrogen (secondary N) is 3. The Hall–Kier alpha value is -3.82. The normalized spacial score (nSPS) is 13.1. The van der Waals surface area contributed by atoms with Gasteiger partial charge in [0.05, 0.1) is 15.7 Å². The van der Waals surface area contributed by atoms with Gasteiger partial charge >= 0.3 is 0 Å². The quantitative estimate of drug-likeness (QED) is 0.300. The van der Waals surface area contributed by atoms with E-state index >= 15 is 0 Å². The molecule has 1 amide bonds. The van der Waals surface area contributed by atoms with Gasteiger partial charge < -0.3 is 16.0 Å². The molecule has 0 unspecified atom stereocenters. The standard InChI is InChI=1S/C27H26BrN7O/c1-29-26(36)22-6-2-3-7-24(22)33-25-23(28)15-31-27(34-25)32-21-9-8-20-17-35(12-10-19(20)13-21)16-18-5-4-11-30-14-18/h2-9,11,13-15H,10,12,16-17H2,1H3,(H,29,36)(H2,31,32,33,34). The van der Waals surface area contributed by atoms with Crippen molar-refractivity contribution in [3.8, 4) is 0 Å². The molecule has 9 heteroatoms. The van der Waals surface area contributed by atoms with Crippen molar-refractivity contribution in [3.05, 3.63) is 99.9 Å². The van der Waals surface area contributed by atoms with Gasteiger partial charge in [-0.25, -0.2) is 4.98 Å². The number of aromatic nitrogens is 3. The summed E-state index contributed by atoms with van der Waals surface area (Å²) in [6.07, 6.45) is 6.41. The Kier molecular flexibility index (Phi) is 7.20. The molecule has 0 radical (unpaired) electrons. The fourth-order valence-electron chi connectivity index (χ4n) is 4.27. The van der Waals surface area contributed by atoms with Crippen LogP contribution in [0.2, 0.25) is 0 Å². The first-order valence-electron chi connectivity index (χ1n) is 11.7. The Morgan fingerprint density at radius 2 is 1.94 bits per heavy atom. The predicted molar refractivity (Wildman–Crippen MR) is 145 cm³/mol. The number of carbonyl (C=O) groups is 1. The topological polar surface area (TPSA) is 95.1 Å². The Morgan fingerprint density at radius 3 is 2.78 bits per heavy atom. The zero-order chi connectivity index (χ0) is 24.9. The minimum atomic E-state index is -0.172. The zero-order valence-electron chi connectivity index (χ0n) is 19.8. The number of hydrogen-bond acceptors (Lipinski definition) is 7. The third kappa shape index (κ3) is 5.53. The first-order chi connectivity index (χ1) is 17.6. The second-order valence-corrected chi connectivity index (χ2v) is 9.42. The maximum atomic E-state index is 12.2. The minimum Gasteiger partial charge on any atom is -0.355 e. The molecule has 8 nitrogen and oxygen atoms in total. The maximum Gasteiger partial charge on any atom is 0.253 e. The van der Waals surface area contributed by atoms with Crippen molar-refractivity contribution in [2.45, 2.75) is 19.5 Å². The van der Waals surface area contributed by atoms with Crippen molar-refractivity contribution in [3.63, 3.8) is 0 Å². The van der Waals surface area contributed by atoms with E-state index in [1.807, 2.05) is 36.7 Å². The van der Waals surface area contributed by atoms with Gasteiger partial charge in [-0.2, -0.15) is 4.98 Å². The van der Waals surface area contributed by atoms with E-state index in [1.54, 1.807) is 19.3 Å². The number of carbonyl (C=O) groups excluding carboxylic acids is 1. The van der Waals surface area contributed by atoms with Gasteiger partial charge in [-0.05, 0) is 69.4 Å². The van der Waals surface area contributed by atoms with Crippen molar-refractivity contribution in [2.75, 3.05) is 24.2 Å². The van der Waals surface area contributed by atoms with Gasteiger partial charge in [0.25, 0.3) is 5.91 Å². The molecule has 182 valence electrons. The Morgan fingerprint density at radius 1 is 1.06 bits per heavy atom. The Balaban J connectivity index is 1.29. The molecule has 1 aliphatic rings. The molecule has 0 spiro atoms. The Labute approximate surface area is 218 Å². The summed E-state index contributed by atoms with van der Waals surface area (Å²) in [6.45, 7) is 2.82. The average Bonchev–Trinajstić information content (AvgIpc) is 2.91. The van der Waals surface area contributed by atoms with Crippen LogP contribution in [-0.4, -0.2) is 39.4 Å². The monoisotopic (exact) mass is 543 g/mol. The van der Waals surface area contributed by atoms with E-state index < -0.39 is 0 Å². The van der Waals surface area contributed by atoms with Crippen LogP contribution in [0.3, 0.4) is 0 Å². The molecule has 0 atom stereocenters. The fourth-order valence-corrected chi connectivity index (χ4v) is 4.56. The lowest BCUT2D eigenvalue weighted by atomic mass is 9.98. The van der Waals surface area contributed by atoms with Crippen LogP contribution in [0.25, 0.3) is 0 Å². The van der Waals surface area contributed by atoms with E-state index in [0.717, 1.165) is 31.7 Å². The number of fused-ring (bicyclic) bond motifs is 1. The van der Waals surface area contributed by atoms with Gasteiger partial charge in [0, 0.05) is 51.0 Å². The highest BCUT2D eigenvalue weighted by Crippen LogP contribution is 2.28. The summed E-state index contributed by atoms with van der Waals surface area (Å²) in [5.74, 6) is 0.856. The zero-order valence-corrected chi connectivity index (χ0v) is 21.4. The van der Waals surface area contributed by atoms with E-state index in [0.29, 0.717) is 27.5 Å². The van der Waals surface area contributed by atoms with E-state index in [9.17, 15) is 4.79 Å². The van der Waals surface area contributed by atoms with Crippen LogP contribution in [0, 0.1) is 0 Å². The van der Waals surface area contributed by atoms with Gasteiger partial charge in [0.1, 0.15) is 5.82 Å². The van der Waals surface area contributed by atoms with Crippen LogP contribution >= 0.6 is 15.9 Å². The van der Waals surface area contributed by atoms with Crippen LogP contribution in [-0.2, 0) is 19.5 Å². The number of anilines is 4. The molecule has 3 N–H and O–H groups in total. The molecule has 2 aromatic heterocycles. The number of amides is 1. The van der Waals surface area contributed by atoms with E-state index in [-0.39, 0.29) is 5.91 Å². The van der Waals surface area contributed by atoms with Crippen LogP contribution < -0.4 is 16.0 Å². The van der Waals surface area contributed by atoms with E-state index in [2.05, 4.69) is 76.0 Å². The molecule has 1 aliphatic heterocycles. The lowest BCUT2D eigenvalue weighted by Gasteiger charge is -2.29. The van der Waals surface area contributed by atoms with Crippen LogP contribution in [0.4, 0.5) is 23.1 Å². The summed E-state index contributed by atoms with van der Waals surface area (Å²) < 4.78 is 0.693. The summed E-state index contributed by atoms with van der Waals surface area (Å²) in [7, 11) is 1.61. The summed E-state index contributed by atoms with van der Waals surface area (Å²) in [4.78, 5) is 28.0. The predicted octanol–water partition coefficient (Wildman–Crippen LogP) is 5.04. The summed E-state index contributed by atoms with van der Waals surface area (Å²) in [5.41, 5.74) is 6.03. The van der Waals surface area contributed by atoms with Crippen molar-refractivity contribution in [2.24, 2.45) is 0 Å². The summed E-state index contributed by atoms with van der Waals surface area (Å²) >= 11 is 3.51. The lowest BCUT2D eigenvalue weighted by molar-refractivity contribution is 0.0964. The van der Waals surface area contributed by atoms with Gasteiger partial charge in [-0.1, -0.05) is 24.3 Å². The number of para-hydroxylation sites is 1. The number of rotatable bonds is 7. The maximum absolute atomic E-state index is 12.2. The minimum absolute atomic E-state index is 0.172. The summed E-state index contributed by atoms with van der Waals surface area (Å²) in [6, 6.07) is 17.8. The van der Waals surface area contributed by atoms with Gasteiger partial charge in [-0.15, -0.1) is 0 Å². The highest BCUT2D eigenvalue weighted by Gasteiger charge is 2.17. The second-order valence-electron chi connectivity index (χ2n) is 8.57. The molecule has 0 aliphatic carbocycles. The smallest absolute Gasteiger partial charge is 0.253 e. The molecule has 0 saturated heterocycles. The van der Waals surface area contributed by atoms with Crippen molar-refractivity contribution >= 4 is 45.0 Å². The molecule has 4 aromatic rings. The average molecular weight is 544 g/mol. The molecular weight excluding hydrogens is 518 g/mol. The first-order valence-corrected chi connectivity index (χ1v) is 12.5. The van der Waals surface area contributed by atoms with E-state index in [1.165, 1.54) is 16.7 Å². The second kappa shape index (κ2) is 10.8. The molecule has 2 aromatic carbocycles. The van der Waals surface area contributed by atoms with Crippen LogP contribution in [0.15, 0.2) is 77.7 Å². The Bertz CT molecular complexity index is 1380. The molecule has 36 heavy (non-hydrogen) atoms. The molecule has 0 bridgehead atoms. The third-order valence-electron chi connectivity index (χ3n) is 6.08. The number of pyridine rings is 1. The first kappa shape index (κ1) is 23.9. The lowest BCUT2D eigenvalue weighted by Crippen LogP contribution is -2.30. The number of halogens is 1. The fraction of sp³-hybridized carbons (Fsp3) is 0.185.